The summed E-state index contributed by atoms with van der Waals surface area (Å²) in [7, 11) is -3.16. The van der Waals surface area contributed by atoms with E-state index in [0.717, 1.165) is 12.8 Å². The average Bonchev–Trinajstić information content (AvgIpc) is 2.71. The van der Waals surface area contributed by atoms with Crippen LogP contribution in [0.4, 0.5) is 0 Å². The zero-order chi connectivity index (χ0) is 12.0. The average molecular weight is 309 g/mol. The smallest absolute Gasteiger partial charge is 0.305 e. The third kappa shape index (κ3) is 3.87. The lowest BCUT2D eigenvalue weighted by atomic mass is 10.2. The molecule has 0 aromatic carbocycles. The highest BCUT2D eigenvalue weighted by atomic mass is 79.9. The molecule has 0 saturated heterocycles. The lowest BCUT2D eigenvalue weighted by Gasteiger charge is -2.14. The van der Waals surface area contributed by atoms with Crippen molar-refractivity contribution in [3.05, 3.63) is 15.5 Å². The summed E-state index contributed by atoms with van der Waals surface area (Å²) in [5, 5.41) is 0. The molecule has 0 spiro atoms. The van der Waals surface area contributed by atoms with Gasteiger partial charge in [0.05, 0.1) is 13.2 Å². The van der Waals surface area contributed by atoms with E-state index in [1.54, 1.807) is 13.8 Å². The molecule has 1 rings (SSSR count). The van der Waals surface area contributed by atoms with Crippen LogP contribution in [0.2, 0.25) is 0 Å². The molecule has 5 heteroatoms. The second-order valence-corrected chi connectivity index (χ2v) is 6.92. The van der Waals surface area contributed by atoms with Gasteiger partial charge in [0.15, 0.2) is 0 Å². The molecule has 0 aliphatic heterocycles. The van der Waals surface area contributed by atoms with E-state index in [1.807, 2.05) is 0 Å². The highest BCUT2D eigenvalue weighted by molar-refractivity contribution is 9.13. The summed E-state index contributed by atoms with van der Waals surface area (Å²) in [4.78, 5) is 0. The molecule has 3 nitrogen and oxygen atoms in total. The summed E-state index contributed by atoms with van der Waals surface area (Å²) < 4.78 is 23.2. The fourth-order valence-electron chi connectivity index (χ4n) is 1.63. The summed E-state index contributed by atoms with van der Waals surface area (Å²) in [6, 6.07) is 0. The fraction of sp³-hybridized carbons (Fsp3) is 0.727. The van der Waals surface area contributed by atoms with Gasteiger partial charge in [-0.15, -0.1) is 0 Å². The van der Waals surface area contributed by atoms with Crippen molar-refractivity contribution in [3.63, 3.8) is 0 Å². The van der Waals surface area contributed by atoms with Crippen molar-refractivity contribution in [2.24, 2.45) is 0 Å². The molecule has 0 N–H and O–H groups in total. The molecule has 1 aliphatic rings. The lowest BCUT2D eigenvalue weighted by molar-refractivity contribution is 0.228. The summed E-state index contributed by atoms with van der Waals surface area (Å²) in [6.45, 7) is 4.33. The Morgan fingerprint density at radius 3 is 2.25 bits per heavy atom. The van der Waals surface area contributed by atoms with Crippen LogP contribution < -0.4 is 0 Å². The zero-order valence-electron chi connectivity index (χ0n) is 9.79. The summed E-state index contributed by atoms with van der Waals surface area (Å²) in [5.74, 6) is 0. The van der Waals surface area contributed by atoms with Crippen LogP contribution >= 0.6 is 23.5 Å². The van der Waals surface area contributed by atoms with E-state index in [2.05, 4.69) is 21.7 Å². The maximum Gasteiger partial charge on any atom is 0.375 e. The van der Waals surface area contributed by atoms with Gasteiger partial charge >= 0.3 is 7.60 Å². The van der Waals surface area contributed by atoms with Crippen molar-refractivity contribution in [1.82, 2.24) is 0 Å². The van der Waals surface area contributed by atoms with Crippen molar-refractivity contribution in [2.75, 3.05) is 13.2 Å². The molecule has 0 amide bonds. The van der Waals surface area contributed by atoms with Crippen molar-refractivity contribution < 1.29 is 13.6 Å². The zero-order valence-corrected chi connectivity index (χ0v) is 12.3. The molecule has 0 radical (unpaired) electrons. The largest absolute Gasteiger partial charge is 0.375 e. The van der Waals surface area contributed by atoms with Gasteiger partial charge in [0.2, 0.25) is 0 Å². The Bertz CT molecular complexity index is 327. The minimum absolute atomic E-state index is 0.364. The second-order valence-electron chi connectivity index (χ2n) is 3.56. The molecular weight excluding hydrogens is 291 g/mol. The van der Waals surface area contributed by atoms with Crippen LogP contribution in [-0.2, 0) is 13.6 Å². The van der Waals surface area contributed by atoms with Gasteiger partial charge in [-0.3, -0.25) is 4.57 Å². The Hall–Kier alpha value is 0.150. The number of rotatable bonds is 5. The molecule has 1 aliphatic carbocycles. The number of hydrogen-bond donors (Lipinski definition) is 0. The first kappa shape index (κ1) is 14.2. The molecule has 0 bridgehead atoms. The van der Waals surface area contributed by atoms with Gasteiger partial charge in [0.1, 0.15) is 4.22 Å². The van der Waals surface area contributed by atoms with Crippen LogP contribution in [0, 0.1) is 0 Å². The van der Waals surface area contributed by atoms with Crippen LogP contribution in [0.15, 0.2) is 15.5 Å². The molecule has 92 valence electrons. The third-order valence-electron chi connectivity index (χ3n) is 2.33. The lowest BCUT2D eigenvalue weighted by Crippen LogP contribution is -1.95. The summed E-state index contributed by atoms with van der Waals surface area (Å²) >= 11 is 3.28. The minimum atomic E-state index is -3.16. The van der Waals surface area contributed by atoms with Gasteiger partial charge in [0, 0.05) is 0 Å². The third-order valence-corrected chi connectivity index (χ3v) is 5.62. The van der Waals surface area contributed by atoms with Crippen LogP contribution in [0.1, 0.15) is 39.5 Å². The van der Waals surface area contributed by atoms with Crippen molar-refractivity contribution >= 4 is 23.5 Å². The number of allylic oxidation sites excluding steroid dienone is 1. The van der Waals surface area contributed by atoms with E-state index in [-0.39, 0.29) is 0 Å². The van der Waals surface area contributed by atoms with E-state index in [0.29, 0.717) is 17.4 Å². The number of hydrogen-bond acceptors (Lipinski definition) is 3. The van der Waals surface area contributed by atoms with Crippen LogP contribution in [0.3, 0.4) is 0 Å². The summed E-state index contributed by atoms with van der Waals surface area (Å²) in [5.41, 5.74) is 4.33. The van der Waals surface area contributed by atoms with Crippen molar-refractivity contribution in [3.8, 4) is 0 Å². The van der Waals surface area contributed by atoms with Gasteiger partial charge in [-0.2, -0.15) is 0 Å². The van der Waals surface area contributed by atoms with Gasteiger partial charge in [0.25, 0.3) is 0 Å². The van der Waals surface area contributed by atoms with Crippen LogP contribution in [-0.4, -0.2) is 13.2 Å². The normalized spacial score (nSPS) is 16.3. The molecule has 0 unspecified atom stereocenters. The van der Waals surface area contributed by atoms with E-state index in [4.69, 9.17) is 9.05 Å². The van der Waals surface area contributed by atoms with E-state index in [1.165, 1.54) is 18.4 Å². The van der Waals surface area contributed by atoms with Crippen LogP contribution in [0.5, 0.6) is 0 Å². The predicted octanol–water partition coefficient (Wildman–Crippen LogP) is 4.59. The maximum atomic E-state index is 12.3. The van der Waals surface area contributed by atoms with Gasteiger partial charge in [-0.25, -0.2) is 0 Å². The minimum Gasteiger partial charge on any atom is -0.305 e. The maximum absolute atomic E-state index is 12.3. The van der Waals surface area contributed by atoms with Crippen molar-refractivity contribution in [2.45, 2.75) is 39.5 Å². The molecule has 0 aromatic heterocycles. The Kier molecular flexibility index (Phi) is 6.02. The molecule has 1 saturated carbocycles. The molecule has 0 aromatic rings. The van der Waals surface area contributed by atoms with E-state index in [9.17, 15) is 4.57 Å². The van der Waals surface area contributed by atoms with Gasteiger partial charge < -0.3 is 9.05 Å². The standard InChI is InChI=1S/C11H18BrO3P/c1-3-14-16(13,15-4-2)11(12)9-10-7-5-6-8-10/h3-8H2,1-2H3. The first-order chi connectivity index (χ1) is 7.62. The highest BCUT2D eigenvalue weighted by Gasteiger charge is 2.28. The summed E-state index contributed by atoms with van der Waals surface area (Å²) in [6.07, 6.45) is 4.45. The van der Waals surface area contributed by atoms with Crippen molar-refractivity contribution in [1.29, 1.82) is 0 Å². The Morgan fingerprint density at radius 2 is 1.81 bits per heavy atom. The molecule has 1 fully saturated rings. The topological polar surface area (TPSA) is 35.5 Å². The van der Waals surface area contributed by atoms with E-state index >= 15 is 0 Å². The Balaban J connectivity index is 2.93. The first-order valence-electron chi connectivity index (χ1n) is 5.66. The van der Waals surface area contributed by atoms with Crippen LogP contribution in [0.25, 0.3) is 0 Å². The predicted molar refractivity (Wildman–Crippen MR) is 68.8 cm³/mol. The molecule has 16 heavy (non-hydrogen) atoms. The second kappa shape index (κ2) is 6.78. The monoisotopic (exact) mass is 308 g/mol. The SMILES string of the molecule is CCOP(=O)(OCC)C(Br)=C=C1CCCC1. The Morgan fingerprint density at radius 1 is 1.31 bits per heavy atom. The highest BCUT2D eigenvalue weighted by Crippen LogP contribution is 2.58. The Labute approximate surface area is 106 Å². The quantitative estimate of drug-likeness (QED) is 0.550. The van der Waals surface area contributed by atoms with Gasteiger partial charge in [-0.1, -0.05) is 5.73 Å². The molecule has 0 atom stereocenters. The fourth-order valence-corrected chi connectivity index (χ4v) is 3.80. The van der Waals surface area contributed by atoms with Gasteiger partial charge in [-0.05, 0) is 61.0 Å². The van der Waals surface area contributed by atoms with E-state index < -0.39 is 7.60 Å². The number of halogens is 1. The first-order valence-corrected chi connectivity index (χ1v) is 7.99. The molecular formula is C11H18BrO3P. The molecule has 0 heterocycles.